The average Bonchev–Trinajstić information content (AvgIpc) is 2.86. The van der Waals surface area contributed by atoms with Crippen LogP contribution in [-0.2, 0) is 20.4 Å². The molecule has 1 aromatic rings. The number of nitrogens with zero attached hydrogens (tertiary/aromatic N) is 1. The lowest BCUT2D eigenvalue weighted by molar-refractivity contribution is -0.144. The number of carbonyl (C=O) groups excluding carboxylic acids is 1. The molecule has 1 aliphatic carbocycles. The van der Waals surface area contributed by atoms with E-state index in [0.29, 0.717) is 25.9 Å². The van der Waals surface area contributed by atoms with Crippen LogP contribution in [0.4, 0.5) is 4.79 Å². The van der Waals surface area contributed by atoms with Crippen molar-refractivity contribution in [2.24, 2.45) is 0 Å². The van der Waals surface area contributed by atoms with Crippen molar-refractivity contribution < 1.29 is 19.4 Å². The number of aliphatic carboxylic acids is 1. The third-order valence-electron chi connectivity index (χ3n) is 6.04. The second-order valence-electron chi connectivity index (χ2n) is 8.71. The molecule has 1 spiro atoms. The summed E-state index contributed by atoms with van der Waals surface area (Å²) in [5.74, 6) is -0.737. The maximum atomic E-state index is 12.4. The lowest BCUT2D eigenvalue weighted by Crippen LogP contribution is -2.47. The van der Waals surface area contributed by atoms with Crippen LogP contribution in [0.2, 0.25) is 0 Å². The normalized spacial score (nSPS) is 24.4. The molecule has 0 saturated carbocycles. The van der Waals surface area contributed by atoms with Gasteiger partial charge in [0.05, 0.1) is 5.41 Å². The molecular weight excluding hydrogens is 330 g/mol. The van der Waals surface area contributed by atoms with E-state index in [1.807, 2.05) is 45.9 Å². The summed E-state index contributed by atoms with van der Waals surface area (Å²) < 4.78 is 5.49. The second kappa shape index (κ2) is 6.29. The summed E-state index contributed by atoms with van der Waals surface area (Å²) in [4.78, 5) is 26.3. The highest BCUT2D eigenvalue weighted by molar-refractivity contribution is 5.84. The first-order valence-electron chi connectivity index (χ1n) is 9.45. The highest BCUT2D eigenvalue weighted by atomic mass is 16.6. The molecule has 26 heavy (non-hydrogen) atoms. The number of hydrogen-bond donors (Lipinski definition) is 1. The van der Waals surface area contributed by atoms with Crippen LogP contribution < -0.4 is 0 Å². The van der Waals surface area contributed by atoms with Gasteiger partial charge >= 0.3 is 12.1 Å². The molecule has 0 radical (unpaired) electrons. The molecule has 1 unspecified atom stereocenters. The topological polar surface area (TPSA) is 66.8 Å². The Balaban J connectivity index is 1.85. The highest BCUT2D eigenvalue weighted by Gasteiger charge is 2.56. The van der Waals surface area contributed by atoms with Gasteiger partial charge in [-0.25, -0.2) is 4.79 Å². The van der Waals surface area contributed by atoms with Crippen LogP contribution >= 0.6 is 0 Å². The van der Waals surface area contributed by atoms with Gasteiger partial charge in [0.25, 0.3) is 0 Å². The number of piperidine rings is 1. The fourth-order valence-corrected chi connectivity index (χ4v) is 4.68. The first-order valence-corrected chi connectivity index (χ1v) is 9.45. The minimum atomic E-state index is -0.815. The molecule has 3 rings (SSSR count). The monoisotopic (exact) mass is 359 g/mol. The molecule has 5 nitrogen and oxygen atoms in total. The lowest BCUT2D eigenvalue weighted by atomic mass is 9.70. The van der Waals surface area contributed by atoms with Crippen molar-refractivity contribution in [3.8, 4) is 0 Å². The summed E-state index contributed by atoms with van der Waals surface area (Å²) >= 11 is 0. The molecular formula is C21H29NO4. The van der Waals surface area contributed by atoms with Crippen LogP contribution in [0, 0.1) is 0 Å². The van der Waals surface area contributed by atoms with Gasteiger partial charge in [0, 0.05) is 18.5 Å². The van der Waals surface area contributed by atoms with E-state index in [2.05, 4.69) is 6.07 Å². The predicted molar refractivity (Wildman–Crippen MR) is 99.4 cm³/mol. The summed E-state index contributed by atoms with van der Waals surface area (Å²) in [6.07, 6.45) is 2.47. The Morgan fingerprint density at radius 1 is 1.15 bits per heavy atom. The predicted octanol–water partition coefficient (Wildman–Crippen LogP) is 4.09. The van der Waals surface area contributed by atoms with Crippen molar-refractivity contribution in [2.45, 2.75) is 69.8 Å². The Hall–Kier alpha value is -2.04. The zero-order chi connectivity index (χ0) is 19.2. The maximum Gasteiger partial charge on any atom is 0.410 e. The van der Waals surface area contributed by atoms with Gasteiger partial charge in [-0.3, -0.25) is 4.79 Å². The van der Waals surface area contributed by atoms with E-state index in [0.717, 1.165) is 24.0 Å². The van der Waals surface area contributed by atoms with Crippen LogP contribution in [0.15, 0.2) is 24.3 Å². The second-order valence-corrected chi connectivity index (χ2v) is 8.71. The van der Waals surface area contributed by atoms with E-state index in [4.69, 9.17) is 4.74 Å². The van der Waals surface area contributed by atoms with E-state index in [-0.39, 0.29) is 11.5 Å². The fraction of sp³-hybridized carbons (Fsp3) is 0.619. The fourth-order valence-electron chi connectivity index (χ4n) is 4.68. The molecule has 5 heteroatoms. The number of likely N-dealkylation sites (tertiary alicyclic amines) is 1. The van der Waals surface area contributed by atoms with Crippen LogP contribution in [0.25, 0.3) is 0 Å². The summed E-state index contributed by atoms with van der Waals surface area (Å²) in [6, 6.07) is 7.98. The van der Waals surface area contributed by atoms with Gasteiger partial charge in [-0.05, 0) is 57.6 Å². The number of carbonyl (C=O) groups is 2. The number of amides is 1. The van der Waals surface area contributed by atoms with Crippen LogP contribution in [0.3, 0.4) is 0 Å². The Labute approximate surface area is 155 Å². The minimum Gasteiger partial charge on any atom is -0.481 e. The van der Waals surface area contributed by atoms with Crippen LogP contribution in [0.1, 0.15) is 64.5 Å². The molecule has 1 atom stereocenters. The number of ether oxygens (including phenoxy) is 1. The maximum absolute atomic E-state index is 12.4. The molecule has 1 N–H and O–H groups in total. The number of carboxylic acid groups (broad SMARTS) is 1. The van der Waals surface area contributed by atoms with Gasteiger partial charge in [-0.2, -0.15) is 0 Å². The molecule has 0 aromatic heterocycles. The molecule has 2 aliphatic rings. The lowest BCUT2D eigenvalue weighted by Gasteiger charge is -2.41. The summed E-state index contributed by atoms with van der Waals surface area (Å²) in [7, 11) is 0. The smallest absolute Gasteiger partial charge is 0.410 e. The Kier molecular flexibility index (Phi) is 4.53. The quantitative estimate of drug-likeness (QED) is 0.863. The van der Waals surface area contributed by atoms with Gasteiger partial charge in [0.15, 0.2) is 0 Å². The number of rotatable bonds is 2. The molecule has 1 aliphatic heterocycles. The van der Waals surface area contributed by atoms with Gasteiger partial charge in [-0.15, -0.1) is 0 Å². The third-order valence-corrected chi connectivity index (χ3v) is 6.04. The first kappa shape index (κ1) is 18.7. The van der Waals surface area contributed by atoms with Gasteiger partial charge in [-0.1, -0.05) is 31.2 Å². The van der Waals surface area contributed by atoms with E-state index in [1.165, 1.54) is 0 Å². The molecule has 1 saturated heterocycles. The molecule has 1 fully saturated rings. The van der Waals surface area contributed by atoms with Crippen molar-refractivity contribution in [3.63, 3.8) is 0 Å². The molecule has 1 aromatic carbocycles. The largest absolute Gasteiger partial charge is 0.481 e. The summed E-state index contributed by atoms with van der Waals surface area (Å²) in [5, 5.41) is 10.0. The molecule has 1 amide bonds. The zero-order valence-corrected chi connectivity index (χ0v) is 16.2. The third kappa shape index (κ3) is 2.97. The SMILES string of the molecule is CCC1(C(=O)O)CC2(CCN(C(=O)OC(C)(C)C)CC2)c2ccccc21. The minimum absolute atomic E-state index is 0.163. The van der Waals surface area contributed by atoms with Crippen molar-refractivity contribution in [2.75, 3.05) is 13.1 Å². The summed E-state index contributed by atoms with van der Waals surface area (Å²) in [6.45, 7) is 8.76. The molecule has 1 heterocycles. The van der Waals surface area contributed by atoms with Crippen molar-refractivity contribution in [1.82, 2.24) is 4.90 Å². The van der Waals surface area contributed by atoms with E-state index < -0.39 is 17.0 Å². The van der Waals surface area contributed by atoms with Gasteiger partial charge in [0.2, 0.25) is 0 Å². The molecule has 142 valence electrons. The van der Waals surface area contributed by atoms with Crippen molar-refractivity contribution >= 4 is 12.1 Å². The van der Waals surface area contributed by atoms with E-state index in [9.17, 15) is 14.7 Å². The van der Waals surface area contributed by atoms with Crippen LogP contribution in [0.5, 0.6) is 0 Å². The average molecular weight is 359 g/mol. The van der Waals surface area contributed by atoms with Gasteiger partial charge in [0.1, 0.15) is 5.60 Å². The Bertz CT molecular complexity index is 713. The zero-order valence-electron chi connectivity index (χ0n) is 16.2. The van der Waals surface area contributed by atoms with E-state index in [1.54, 1.807) is 4.90 Å². The van der Waals surface area contributed by atoms with Crippen molar-refractivity contribution in [3.05, 3.63) is 35.4 Å². The first-order chi connectivity index (χ1) is 12.1. The highest BCUT2D eigenvalue weighted by Crippen LogP contribution is 2.55. The Morgan fingerprint density at radius 2 is 1.73 bits per heavy atom. The van der Waals surface area contributed by atoms with Crippen molar-refractivity contribution in [1.29, 1.82) is 0 Å². The van der Waals surface area contributed by atoms with Gasteiger partial charge < -0.3 is 14.7 Å². The van der Waals surface area contributed by atoms with E-state index >= 15 is 0 Å². The number of benzene rings is 1. The summed E-state index contributed by atoms with van der Waals surface area (Å²) in [5.41, 5.74) is 0.634. The number of hydrogen-bond acceptors (Lipinski definition) is 3. The standard InChI is InChI=1S/C21H29NO4/c1-5-21(17(23)24)14-20(15-8-6-7-9-16(15)21)10-12-22(13-11-20)18(25)26-19(2,3)4/h6-9H,5,10-14H2,1-4H3,(H,23,24). The Morgan fingerprint density at radius 3 is 2.23 bits per heavy atom. The van der Waals surface area contributed by atoms with Crippen LogP contribution in [-0.4, -0.2) is 40.8 Å². The number of carboxylic acids is 1. The molecule has 0 bridgehead atoms. The number of fused-ring (bicyclic) bond motifs is 2.